The molecule has 1 unspecified atom stereocenters. The fourth-order valence-corrected chi connectivity index (χ4v) is 0.655. The van der Waals surface area contributed by atoms with Crippen LogP contribution in [0.5, 0.6) is 0 Å². The van der Waals surface area contributed by atoms with Gasteiger partial charge in [0.25, 0.3) is 0 Å². The van der Waals surface area contributed by atoms with E-state index in [1.54, 1.807) is 0 Å². The first-order valence-electron chi connectivity index (χ1n) is 2.56. The van der Waals surface area contributed by atoms with E-state index in [2.05, 4.69) is 34.8 Å². The first kappa shape index (κ1) is 7.69. The average Bonchev–Trinajstić information content (AvgIpc) is 1.61. The van der Waals surface area contributed by atoms with Gasteiger partial charge in [-0.25, -0.2) is 0 Å². The summed E-state index contributed by atoms with van der Waals surface area (Å²) >= 11 is 2.43. The zero-order valence-corrected chi connectivity index (χ0v) is 7.03. The highest BCUT2D eigenvalue weighted by Gasteiger charge is 1.90. The second-order valence-corrected chi connectivity index (χ2v) is 3.80. The molecule has 1 nitrogen and oxygen atoms in total. The first-order chi connectivity index (χ1) is 3.27. The van der Waals surface area contributed by atoms with Crippen molar-refractivity contribution in [2.75, 3.05) is 13.6 Å². The standard InChI is InChI=1S/C5H12IN/c1-5(6)3-4-7-2/h5,7H,3-4H2,1-2H3. The molecule has 0 saturated heterocycles. The van der Waals surface area contributed by atoms with Gasteiger partial charge < -0.3 is 5.32 Å². The number of nitrogens with one attached hydrogen (secondary N) is 1. The van der Waals surface area contributed by atoms with E-state index in [0.29, 0.717) is 0 Å². The van der Waals surface area contributed by atoms with Gasteiger partial charge in [0.1, 0.15) is 0 Å². The van der Waals surface area contributed by atoms with Crippen LogP contribution in [0.4, 0.5) is 0 Å². The van der Waals surface area contributed by atoms with Crippen molar-refractivity contribution in [1.29, 1.82) is 0 Å². The molecule has 0 aliphatic carbocycles. The number of alkyl halides is 1. The van der Waals surface area contributed by atoms with Crippen LogP contribution in [0.25, 0.3) is 0 Å². The summed E-state index contributed by atoms with van der Waals surface area (Å²) in [4.78, 5) is 0. The predicted octanol–water partition coefficient (Wildman–Crippen LogP) is 1.42. The highest BCUT2D eigenvalue weighted by atomic mass is 127. The van der Waals surface area contributed by atoms with Crippen molar-refractivity contribution in [1.82, 2.24) is 5.32 Å². The lowest BCUT2D eigenvalue weighted by Gasteiger charge is -1.98. The van der Waals surface area contributed by atoms with Crippen LogP contribution in [0.1, 0.15) is 13.3 Å². The van der Waals surface area contributed by atoms with Crippen molar-refractivity contribution in [3.63, 3.8) is 0 Å². The minimum absolute atomic E-state index is 0.810. The smallest absolute Gasteiger partial charge is 0.00933 e. The largest absolute Gasteiger partial charge is 0.320 e. The Balaban J connectivity index is 2.68. The summed E-state index contributed by atoms with van der Waals surface area (Å²) in [6.07, 6.45) is 1.27. The van der Waals surface area contributed by atoms with Crippen LogP contribution < -0.4 is 5.32 Å². The number of rotatable bonds is 3. The SMILES string of the molecule is CNCCC(C)I. The zero-order chi connectivity index (χ0) is 5.70. The topological polar surface area (TPSA) is 12.0 Å². The molecule has 0 rings (SSSR count). The monoisotopic (exact) mass is 213 g/mol. The van der Waals surface area contributed by atoms with Crippen molar-refractivity contribution in [2.45, 2.75) is 17.3 Å². The van der Waals surface area contributed by atoms with Gasteiger partial charge in [0, 0.05) is 3.92 Å². The van der Waals surface area contributed by atoms with Crippen molar-refractivity contribution in [3.05, 3.63) is 0 Å². The lowest BCUT2D eigenvalue weighted by atomic mass is 10.3. The maximum atomic E-state index is 3.09. The molecule has 7 heavy (non-hydrogen) atoms. The Morgan fingerprint density at radius 3 is 2.43 bits per heavy atom. The Morgan fingerprint density at radius 2 is 2.29 bits per heavy atom. The molecule has 1 atom stereocenters. The van der Waals surface area contributed by atoms with Gasteiger partial charge in [-0.15, -0.1) is 0 Å². The predicted molar refractivity (Wildman–Crippen MR) is 42.0 cm³/mol. The molecule has 0 bridgehead atoms. The van der Waals surface area contributed by atoms with Crippen molar-refractivity contribution < 1.29 is 0 Å². The Kier molecular flexibility index (Phi) is 5.32. The fraction of sp³-hybridized carbons (Fsp3) is 1.00. The highest BCUT2D eigenvalue weighted by molar-refractivity contribution is 14.1. The summed E-state index contributed by atoms with van der Waals surface area (Å²) in [5.41, 5.74) is 0. The Morgan fingerprint density at radius 1 is 1.71 bits per heavy atom. The van der Waals surface area contributed by atoms with E-state index in [4.69, 9.17) is 0 Å². The number of hydrogen-bond donors (Lipinski definition) is 1. The molecule has 0 aromatic carbocycles. The van der Waals surface area contributed by atoms with E-state index in [1.165, 1.54) is 6.42 Å². The van der Waals surface area contributed by atoms with Gasteiger partial charge in [0.05, 0.1) is 0 Å². The first-order valence-corrected chi connectivity index (χ1v) is 3.80. The quantitative estimate of drug-likeness (QED) is 0.552. The third-order valence-electron chi connectivity index (χ3n) is 0.792. The minimum Gasteiger partial charge on any atom is -0.320 e. The van der Waals surface area contributed by atoms with Crippen molar-refractivity contribution in [3.8, 4) is 0 Å². The van der Waals surface area contributed by atoms with Crippen LogP contribution >= 0.6 is 22.6 Å². The van der Waals surface area contributed by atoms with Crippen LogP contribution in [0.2, 0.25) is 0 Å². The minimum atomic E-state index is 0.810. The van der Waals surface area contributed by atoms with Gasteiger partial charge in [-0.1, -0.05) is 29.5 Å². The van der Waals surface area contributed by atoms with E-state index in [-0.39, 0.29) is 0 Å². The number of halogens is 1. The normalized spacial score (nSPS) is 14.1. The summed E-state index contributed by atoms with van der Waals surface area (Å²) in [5.74, 6) is 0. The molecule has 44 valence electrons. The summed E-state index contributed by atoms with van der Waals surface area (Å²) in [6.45, 7) is 3.36. The summed E-state index contributed by atoms with van der Waals surface area (Å²) in [5, 5.41) is 3.09. The van der Waals surface area contributed by atoms with E-state index in [9.17, 15) is 0 Å². The second kappa shape index (κ2) is 4.84. The summed E-state index contributed by atoms with van der Waals surface area (Å²) < 4.78 is 0.810. The molecule has 1 N–H and O–H groups in total. The Bertz CT molecular complexity index is 37.1. The lowest BCUT2D eigenvalue weighted by Crippen LogP contribution is -2.10. The molecule has 0 heterocycles. The average molecular weight is 213 g/mol. The molecule has 0 saturated carbocycles. The van der Waals surface area contributed by atoms with Gasteiger partial charge in [0.2, 0.25) is 0 Å². The molecule has 0 aromatic heterocycles. The van der Waals surface area contributed by atoms with Crippen LogP contribution in [-0.4, -0.2) is 17.5 Å². The molecule has 0 spiro atoms. The lowest BCUT2D eigenvalue weighted by molar-refractivity contribution is 0.732. The third-order valence-corrected chi connectivity index (χ3v) is 1.41. The number of hydrogen-bond acceptors (Lipinski definition) is 1. The van der Waals surface area contributed by atoms with Crippen molar-refractivity contribution in [2.24, 2.45) is 0 Å². The maximum Gasteiger partial charge on any atom is 0.00933 e. The fourth-order valence-electron chi connectivity index (χ4n) is 0.343. The van der Waals surface area contributed by atoms with E-state index in [0.717, 1.165) is 10.5 Å². The van der Waals surface area contributed by atoms with Gasteiger partial charge >= 0.3 is 0 Å². The van der Waals surface area contributed by atoms with Gasteiger partial charge in [-0.3, -0.25) is 0 Å². The summed E-state index contributed by atoms with van der Waals surface area (Å²) in [6, 6.07) is 0. The molecule has 0 aliphatic rings. The van der Waals surface area contributed by atoms with Crippen LogP contribution in [0.15, 0.2) is 0 Å². The van der Waals surface area contributed by atoms with Gasteiger partial charge in [-0.05, 0) is 20.0 Å². The van der Waals surface area contributed by atoms with Gasteiger partial charge in [0.15, 0.2) is 0 Å². The Labute approximate surface area is 59.0 Å². The molecule has 0 aliphatic heterocycles. The molecule has 2 heteroatoms. The molecular weight excluding hydrogens is 201 g/mol. The molecule has 0 aromatic rings. The van der Waals surface area contributed by atoms with Crippen LogP contribution in [0, 0.1) is 0 Å². The maximum absolute atomic E-state index is 3.09. The molecular formula is C5H12IN. The third kappa shape index (κ3) is 6.69. The Hall–Kier alpha value is 0.690. The molecule has 0 fully saturated rings. The van der Waals surface area contributed by atoms with Crippen LogP contribution in [-0.2, 0) is 0 Å². The molecule has 0 amide bonds. The summed E-state index contributed by atoms with van der Waals surface area (Å²) in [7, 11) is 1.99. The van der Waals surface area contributed by atoms with Gasteiger partial charge in [-0.2, -0.15) is 0 Å². The van der Waals surface area contributed by atoms with Crippen molar-refractivity contribution >= 4 is 22.6 Å². The highest BCUT2D eigenvalue weighted by Crippen LogP contribution is 2.01. The molecule has 0 radical (unpaired) electrons. The van der Waals surface area contributed by atoms with E-state index < -0.39 is 0 Å². The van der Waals surface area contributed by atoms with Crippen LogP contribution in [0.3, 0.4) is 0 Å². The second-order valence-electron chi connectivity index (χ2n) is 1.67. The zero-order valence-electron chi connectivity index (χ0n) is 4.87. The van der Waals surface area contributed by atoms with E-state index >= 15 is 0 Å². The van der Waals surface area contributed by atoms with E-state index in [1.807, 2.05) is 7.05 Å².